The summed E-state index contributed by atoms with van der Waals surface area (Å²) in [5.74, 6) is -0.380. The van der Waals surface area contributed by atoms with Crippen molar-refractivity contribution in [3.63, 3.8) is 0 Å². The number of aromatic nitrogens is 2. The number of para-hydroxylation sites is 1. The molecule has 4 amide bonds. The van der Waals surface area contributed by atoms with Crippen molar-refractivity contribution < 1.29 is 14.4 Å². The zero-order chi connectivity index (χ0) is 20.2. The highest BCUT2D eigenvalue weighted by molar-refractivity contribution is 6.07. The topological polar surface area (TPSA) is 96.3 Å². The Balaban J connectivity index is 1.42. The van der Waals surface area contributed by atoms with Crippen molar-refractivity contribution in [2.75, 3.05) is 13.1 Å². The average molecular weight is 393 g/mol. The lowest BCUT2D eigenvalue weighted by Crippen LogP contribution is -2.55. The van der Waals surface area contributed by atoms with E-state index in [1.165, 1.54) is 0 Å². The third-order valence-corrected chi connectivity index (χ3v) is 6.40. The number of piperidine rings is 1. The second-order valence-corrected chi connectivity index (χ2v) is 8.11. The van der Waals surface area contributed by atoms with E-state index in [4.69, 9.17) is 5.10 Å². The zero-order valence-corrected chi connectivity index (χ0v) is 16.3. The van der Waals surface area contributed by atoms with Gasteiger partial charge in [0, 0.05) is 24.3 Å². The van der Waals surface area contributed by atoms with Crippen LogP contribution in [0.2, 0.25) is 0 Å². The maximum Gasteiger partial charge on any atom is 0.322 e. The van der Waals surface area contributed by atoms with Gasteiger partial charge in [-0.15, -0.1) is 0 Å². The number of hydrogen-bond acceptors (Lipinski definition) is 4. The molecule has 8 heteroatoms. The fraction of sp³-hybridized carbons (Fsp3) is 0.429. The summed E-state index contributed by atoms with van der Waals surface area (Å²) in [6.45, 7) is 2.88. The Hall–Kier alpha value is -3.16. The molecule has 29 heavy (non-hydrogen) atoms. The number of urea groups is 1. The maximum absolute atomic E-state index is 13.3. The van der Waals surface area contributed by atoms with Crippen LogP contribution >= 0.6 is 0 Å². The molecule has 0 atom stereocenters. The first-order valence-electron chi connectivity index (χ1n) is 10.1. The molecule has 3 heterocycles. The second kappa shape index (κ2) is 6.43. The standard InChI is InChI=1S/C21H23N5O3/c1-13-5-2-3-7-15(13)26-16-8-4-6-14(16)17(24-26)18(27)25-11-9-21(10-12-25)19(28)22-20(29)23-21/h2-3,5,7H,4,6,8-12H2,1H3,(H2,22,23,28,29). The van der Waals surface area contributed by atoms with E-state index < -0.39 is 11.6 Å². The normalized spacial score (nSPS) is 20.0. The summed E-state index contributed by atoms with van der Waals surface area (Å²) < 4.78 is 1.93. The van der Waals surface area contributed by atoms with Crippen LogP contribution in [0, 0.1) is 6.92 Å². The Morgan fingerprint density at radius 3 is 2.59 bits per heavy atom. The summed E-state index contributed by atoms with van der Waals surface area (Å²) in [5.41, 5.74) is 3.94. The van der Waals surface area contributed by atoms with E-state index in [9.17, 15) is 14.4 Å². The molecule has 0 radical (unpaired) electrons. The second-order valence-electron chi connectivity index (χ2n) is 8.11. The van der Waals surface area contributed by atoms with Crippen LogP contribution in [0.1, 0.15) is 46.6 Å². The van der Waals surface area contributed by atoms with Crippen LogP contribution in [-0.2, 0) is 17.6 Å². The van der Waals surface area contributed by atoms with Gasteiger partial charge in [0.25, 0.3) is 11.8 Å². The zero-order valence-electron chi connectivity index (χ0n) is 16.3. The van der Waals surface area contributed by atoms with Crippen LogP contribution in [0.25, 0.3) is 5.69 Å². The van der Waals surface area contributed by atoms with Crippen molar-refractivity contribution in [1.29, 1.82) is 0 Å². The Labute approximate surface area is 168 Å². The average Bonchev–Trinajstić information content (AvgIpc) is 3.37. The number of imide groups is 1. The van der Waals surface area contributed by atoms with Gasteiger partial charge in [-0.2, -0.15) is 5.10 Å². The highest BCUT2D eigenvalue weighted by atomic mass is 16.2. The number of amides is 4. The minimum atomic E-state index is -0.879. The summed E-state index contributed by atoms with van der Waals surface area (Å²) >= 11 is 0. The van der Waals surface area contributed by atoms with Gasteiger partial charge in [0.1, 0.15) is 5.54 Å². The first-order chi connectivity index (χ1) is 14.0. The quantitative estimate of drug-likeness (QED) is 0.756. The summed E-state index contributed by atoms with van der Waals surface area (Å²) in [7, 11) is 0. The lowest BCUT2D eigenvalue weighted by atomic mass is 9.87. The van der Waals surface area contributed by atoms with Gasteiger partial charge in [-0.3, -0.25) is 14.9 Å². The molecular formula is C21H23N5O3. The highest BCUT2D eigenvalue weighted by Crippen LogP contribution is 2.31. The van der Waals surface area contributed by atoms with Crippen molar-refractivity contribution in [3.8, 4) is 5.69 Å². The minimum absolute atomic E-state index is 0.0879. The molecule has 0 unspecified atom stereocenters. The first-order valence-corrected chi connectivity index (χ1v) is 10.1. The van der Waals surface area contributed by atoms with Gasteiger partial charge in [-0.25, -0.2) is 9.48 Å². The number of nitrogens with zero attached hydrogens (tertiary/aromatic N) is 3. The molecule has 2 N–H and O–H groups in total. The monoisotopic (exact) mass is 393 g/mol. The molecule has 3 aliphatic rings. The van der Waals surface area contributed by atoms with Gasteiger partial charge in [0.05, 0.1) is 5.69 Å². The fourth-order valence-corrected chi connectivity index (χ4v) is 4.73. The summed E-state index contributed by atoms with van der Waals surface area (Å²) in [6, 6.07) is 7.60. The molecule has 8 nitrogen and oxygen atoms in total. The molecule has 0 saturated carbocycles. The Kier molecular flexibility index (Phi) is 3.97. The lowest BCUT2D eigenvalue weighted by molar-refractivity contribution is -0.125. The number of nitrogens with one attached hydrogen (secondary N) is 2. The third kappa shape index (κ3) is 2.73. The van der Waals surface area contributed by atoms with E-state index in [-0.39, 0.29) is 11.8 Å². The van der Waals surface area contributed by atoms with Crippen molar-refractivity contribution in [2.24, 2.45) is 0 Å². The van der Waals surface area contributed by atoms with E-state index in [2.05, 4.69) is 10.6 Å². The van der Waals surface area contributed by atoms with Gasteiger partial charge >= 0.3 is 6.03 Å². The molecule has 5 rings (SSSR count). The third-order valence-electron chi connectivity index (χ3n) is 6.40. The van der Waals surface area contributed by atoms with Gasteiger partial charge in [-0.05, 0) is 50.7 Å². The van der Waals surface area contributed by atoms with Gasteiger partial charge < -0.3 is 10.2 Å². The number of carbonyl (C=O) groups excluding carboxylic acids is 3. The van der Waals surface area contributed by atoms with Gasteiger partial charge in [-0.1, -0.05) is 18.2 Å². The van der Waals surface area contributed by atoms with Crippen LogP contribution in [0.5, 0.6) is 0 Å². The van der Waals surface area contributed by atoms with Crippen molar-refractivity contribution in [2.45, 2.75) is 44.6 Å². The van der Waals surface area contributed by atoms with Crippen molar-refractivity contribution in [1.82, 2.24) is 25.3 Å². The minimum Gasteiger partial charge on any atom is -0.337 e. The molecule has 2 aromatic rings. The Morgan fingerprint density at radius 1 is 1.14 bits per heavy atom. The molecule has 1 spiro atoms. The number of benzene rings is 1. The van der Waals surface area contributed by atoms with Crippen LogP contribution in [0.15, 0.2) is 24.3 Å². The Morgan fingerprint density at radius 2 is 1.90 bits per heavy atom. The van der Waals surface area contributed by atoms with Gasteiger partial charge in [0.15, 0.2) is 5.69 Å². The number of rotatable bonds is 2. The smallest absolute Gasteiger partial charge is 0.322 e. The predicted molar refractivity (Wildman–Crippen MR) is 105 cm³/mol. The summed E-state index contributed by atoms with van der Waals surface area (Å²) in [6.07, 6.45) is 3.63. The summed E-state index contributed by atoms with van der Waals surface area (Å²) in [4.78, 5) is 38.7. The number of aryl methyl sites for hydroxylation is 1. The number of fused-ring (bicyclic) bond motifs is 1. The molecule has 1 aliphatic carbocycles. The molecule has 2 fully saturated rings. The van der Waals surface area contributed by atoms with Crippen LogP contribution < -0.4 is 10.6 Å². The largest absolute Gasteiger partial charge is 0.337 e. The fourth-order valence-electron chi connectivity index (χ4n) is 4.73. The van der Waals surface area contributed by atoms with Crippen LogP contribution in [0.3, 0.4) is 0 Å². The van der Waals surface area contributed by atoms with Gasteiger partial charge in [0.2, 0.25) is 0 Å². The lowest BCUT2D eigenvalue weighted by Gasteiger charge is -2.36. The predicted octanol–water partition coefficient (Wildman–Crippen LogP) is 1.48. The van der Waals surface area contributed by atoms with Crippen LogP contribution in [-0.4, -0.2) is 51.2 Å². The number of hydrogen-bond donors (Lipinski definition) is 2. The van der Waals surface area contributed by atoms with Crippen molar-refractivity contribution in [3.05, 3.63) is 46.8 Å². The van der Waals surface area contributed by atoms with E-state index in [1.54, 1.807) is 4.90 Å². The highest BCUT2D eigenvalue weighted by Gasteiger charge is 2.48. The van der Waals surface area contributed by atoms with E-state index in [0.29, 0.717) is 31.6 Å². The molecule has 1 aromatic heterocycles. The number of likely N-dealkylation sites (tertiary alicyclic amines) is 1. The maximum atomic E-state index is 13.3. The SMILES string of the molecule is Cc1ccccc1-n1nc(C(=O)N2CCC3(CC2)NC(=O)NC3=O)c2c1CCC2. The first kappa shape index (κ1) is 17.9. The van der Waals surface area contributed by atoms with E-state index in [1.807, 2.05) is 35.9 Å². The molecule has 150 valence electrons. The molecular weight excluding hydrogens is 370 g/mol. The molecule has 2 aliphatic heterocycles. The molecule has 1 aromatic carbocycles. The summed E-state index contributed by atoms with van der Waals surface area (Å²) in [5, 5.41) is 9.77. The Bertz CT molecular complexity index is 1030. The van der Waals surface area contributed by atoms with E-state index >= 15 is 0 Å². The number of carbonyl (C=O) groups is 3. The molecule has 0 bridgehead atoms. The van der Waals surface area contributed by atoms with Crippen LogP contribution in [0.4, 0.5) is 4.79 Å². The van der Waals surface area contributed by atoms with E-state index in [0.717, 1.165) is 41.8 Å². The molecule has 2 saturated heterocycles. The van der Waals surface area contributed by atoms with Crippen molar-refractivity contribution >= 4 is 17.8 Å².